The second kappa shape index (κ2) is 7.78. The van der Waals surface area contributed by atoms with Gasteiger partial charge in [-0.05, 0) is 38.0 Å². The lowest BCUT2D eigenvalue weighted by Crippen LogP contribution is -2.42. The summed E-state index contributed by atoms with van der Waals surface area (Å²) in [5.41, 5.74) is 0.660. The lowest BCUT2D eigenvalue weighted by Gasteiger charge is -2.32. The minimum Gasteiger partial charge on any atom is -0.495 e. The quantitative estimate of drug-likeness (QED) is 0.895. The average molecular weight is 363 g/mol. The van der Waals surface area contributed by atoms with Crippen molar-refractivity contribution in [3.05, 3.63) is 41.4 Å². The number of piperidine rings is 1. The largest absolute Gasteiger partial charge is 0.495 e. The SMILES string of the molecule is CCn1ccnc1C1CCCN(C(=O)Nc2ccc(OC)c(Cl)c2)C1. The maximum atomic E-state index is 12.6. The Morgan fingerprint density at radius 2 is 2.32 bits per heavy atom. The number of likely N-dealkylation sites (tertiary alicyclic amines) is 1. The van der Waals surface area contributed by atoms with Gasteiger partial charge in [-0.15, -0.1) is 0 Å². The second-order valence-electron chi connectivity index (χ2n) is 6.14. The van der Waals surface area contributed by atoms with Gasteiger partial charge >= 0.3 is 6.03 Å². The lowest BCUT2D eigenvalue weighted by molar-refractivity contribution is 0.190. The van der Waals surface area contributed by atoms with Crippen molar-refractivity contribution in [1.29, 1.82) is 0 Å². The summed E-state index contributed by atoms with van der Waals surface area (Å²) in [5, 5.41) is 3.39. The van der Waals surface area contributed by atoms with Crippen LogP contribution >= 0.6 is 11.6 Å². The van der Waals surface area contributed by atoms with Crippen molar-refractivity contribution < 1.29 is 9.53 Å². The molecule has 7 heteroatoms. The van der Waals surface area contributed by atoms with Gasteiger partial charge in [0.2, 0.25) is 0 Å². The van der Waals surface area contributed by atoms with E-state index >= 15 is 0 Å². The smallest absolute Gasteiger partial charge is 0.321 e. The van der Waals surface area contributed by atoms with E-state index in [1.165, 1.54) is 0 Å². The molecule has 1 atom stereocenters. The molecule has 6 nitrogen and oxygen atoms in total. The third kappa shape index (κ3) is 3.90. The fourth-order valence-corrected chi connectivity index (χ4v) is 3.52. The first-order valence-corrected chi connectivity index (χ1v) is 8.90. The van der Waals surface area contributed by atoms with E-state index in [0.717, 1.165) is 31.8 Å². The van der Waals surface area contributed by atoms with Crippen LogP contribution < -0.4 is 10.1 Å². The van der Waals surface area contributed by atoms with Crippen LogP contribution in [-0.4, -0.2) is 40.7 Å². The zero-order valence-corrected chi connectivity index (χ0v) is 15.3. The number of benzene rings is 1. The van der Waals surface area contributed by atoms with Gasteiger partial charge in [0.15, 0.2) is 0 Å². The third-order valence-corrected chi connectivity index (χ3v) is 4.86. The van der Waals surface area contributed by atoms with E-state index in [4.69, 9.17) is 16.3 Å². The minimum atomic E-state index is -0.111. The molecule has 0 aliphatic carbocycles. The first-order chi connectivity index (χ1) is 12.1. The number of methoxy groups -OCH3 is 1. The van der Waals surface area contributed by atoms with Gasteiger partial charge in [-0.3, -0.25) is 0 Å². The highest BCUT2D eigenvalue weighted by Gasteiger charge is 2.27. The molecule has 1 aromatic heterocycles. The van der Waals surface area contributed by atoms with E-state index in [2.05, 4.69) is 21.8 Å². The number of aryl methyl sites for hydroxylation is 1. The van der Waals surface area contributed by atoms with E-state index in [-0.39, 0.29) is 11.9 Å². The summed E-state index contributed by atoms with van der Waals surface area (Å²) in [7, 11) is 1.56. The normalized spacial score (nSPS) is 17.4. The Morgan fingerprint density at radius 3 is 3.04 bits per heavy atom. The number of imidazole rings is 1. The van der Waals surface area contributed by atoms with Crippen molar-refractivity contribution in [1.82, 2.24) is 14.5 Å². The van der Waals surface area contributed by atoms with Crippen LogP contribution in [0, 0.1) is 0 Å². The molecule has 0 radical (unpaired) electrons. The van der Waals surface area contributed by atoms with Gasteiger partial charge in [0.05, 0.1) is 12.1 Å². The molecule has 0 bridgehead atoms. The summed E-state index contributed by atoms with van der Waals surface area (Å²) in [6.07, 6.45) is 5.85. The third-order valence-electron chi connectivity index (χ3n) is 4.57. The summed E-state index contributed by atoms with van der Waals surface area (Å²) in [6, 6.07) is 5.12. The second-order valence-corrected chi connectivity index (χ2v) is 6.54. The van der Waals surface area contributed by atoms with Crippen LogP contribution in [0.5, 0.6) is 5.75 Å². The van der Waals surface area contributed by atoms with Crippen LogP contribution in [0.3, 0.4) is 0 Å². The molecule has 1 aromatic carbocycles. The number of rotatable bonds is 4. The first kappa shape index (κ1) is 17.6. The monoisotopic (exact) mass is 362 g/mol. The Balaban J connectivity index is 1.67. The van der Waals surface area contributed by atoms with Crippen molar-refractivity contribution in [3.63, 3.8) is 0 Å². The van der Waals surface area contributed by atoms with Crippen molar-refractivity contribution in [2.24, 2.45) is 0 Å². The van der Waals surface area contributed by atoms with Crippen LogP contribution in [0.25, 0.3) is 0 Å². The van der Waals surface area contributed by atoms with Crippen LogP contribution in [0.2, 0.25) is 5.02 Å². The summed E-state index contributed by atoms with van der Waals surface area (Å²) in [4.78, 5) is 19.0. The first-order valence-electron chi connectivity index (χ1n) is 8.53. The molecule has 25 heavy (non-hydrogen) atoms. The molecule has 0 spiro atoms. The fraction of sp³-hybridized carbons (Fsp3) is 0.444. The van der Waals surface area contributed by atoms with E-state index in [0.29, 0.717) is 23.0 Å². The van der Waals surface area contributed by atoms with Gasteiger partial charge in [-0.2, -0.15) is 0 Å². The summed E-state index contributed by atoms with van der Waals surface area (Å²) in [5.74, 6) is 1.92. The van der Waals surface area contributed by atoms with Crippen LogP contribution in [0.4, 0.5) is 10.5 Å². The maximum Gasteiger partial charge on any atom is 0.321 e. The Bertz CT molecular complexity index is 746. The highest BCUT2D eigenvalue weighted by molar-refractivity contribution is 6.32. The molecular formula is C18H23ClN4O2. The van der Waals surface area contributed by atoms with Crippen LogP contribution in [-0.2, 0) is 6.54 Å². The van der Waals surface area contributed by atoms with E-state index in [1.54, 1.807) is 25.3 Å². The number of hydrogen-bond donors (Lipinski definition) is 1. The van der Waals surface area contributed by atoms with E-state index in [1.807, 2.05) is 17.3 Å². The number of nitrogens with zero attached hydrogens (tertiary/aromatic N) is 3. The standard InChI is InChI=1S/C18H23ClN4O2/c1-3-22-10-8-20-17(22)13-5-4-9-23(12-13)18(24)21-14-6-7-16(25-2)15(19)11-14/h6-8,10-11,13H,3-5,9,12H2,1-2H3,(H,21,24). The summed E-state index contributed by atoms with van der Waals surface area (Å²) >= 11 is 6.12. The van der Waals surface area contributed by atoms with Gasteiger partial charge in [0.25, 0.3) is 0 Å². The summed E-state index contributed by atoms with van der Waals surface area (Å²) < 4.78 is 7.28. The number of carbonyl (C=O) groups is 1. The van der Waals surface area contributed by atoms with Gasteiger partial charge in [-0.1, -0.05) is 11.6 Å². The van der Waals surface area contributed by atoms with Crippen molar-refractivity contribution in [2.75, 3.05) is 25.5 Å². The van der Waals surface area contributed by atoms with E-state index in [9.17, 15) is 4.79 Å². The Hall–Kier alpha value is -2.21. The van der Waals surface area contributed by atoms with Gasteiger partial charge < -0.3 is 19.5 Å². The summed E-state index contributed by atoms with van der Waals surface area (Å²) in [6.45, 7) is 4.42. The molecule has 134 valence electrons. The Labute approximate surface area is 152 Å². The van der Waals surface area contributed by atoms with Crippen molar-refractivity contribution >= 4 is 23.3 Å². The van der Waals surface area contributed by atoms with Crippen molar-refractivity contribution in [2.45, 2.75) is 32.2 Å². The molecule has 1 unspecified atom stereocenters. The molecule has 1 fully saturated rings. The number of carbonyl (C=O) groups excluding carboxylic acids is 1. The predicted octanol–water partition coefficient (Wildman–Crippen LogP) is 3.98. The number of halogens is 1. The zero-order chi connectivity index (χ0) is 17.8. The number of amides is 2. The molecule has 0 saturated carbocycles. The Kier molecular flexibility index (Phi) is 5.48. The molecule has 1 N–H and O–H groups in total. The number of hydrogen-bond acceptors (Lipinski definition) is 3. The fourth-order valence-electron chi connectivity index (χ4n) is 3.27. The topological polar surface area (TPSA) is 59.4 Å². The number of nitrogens with one attached hydrogen (secondary N) is 1. The van der Waals surface area contributed by atoms with Crippen LogP contribution in [0.15, 0.2) is 30.6 Å². The number of anilines is 1. The number of aromatic nitrogens is 2. The molecule has 2 aromatic rings. The zero-order valence-electron chi connectivity index (χ0n) is 14.5. The molecular weight excluding hydrogens is 340 g/mol. The van der Waals surface area contributed by atoms with Crippen molar-refractivity contribution in [3.8, 4) is 5.75 Å². The molecule has 2 heterocycles. The molecule has 2 amide bonds. The van der Waals surface area contributed by atoms with Gasteiger partial charge in [0, 0.05) is 43.6 Å². The Morgan fingerprint density at radius 1 is 1.48 bits per heavy atom. The van der Waals surface area contributed by atoms with Gasteiger partial charge in [0.1, 0.15) is 11.6 Å². The highest BCUT2D eigenvalue weighted by Crippen LogP contribution is 2.29. The number of urea groups is 1. The highest BCUT2D eigenvalue weighted by atomic mass is 35.5. The lowest BCUT2D eigenvalue weighted by atomic mass is 9.97. The predicted molar refractivity (Wildman–Crippen MR) is 98.5 cm³/mol. The molecule has 3 rings (SSSR count). The van der Waals surface area contributed by atoms with E-state index < -0.39 is 0 Å². The van der Waals surface area contributed by atoms with Crippen LogP contribution in [0.1, 0.15) is 31.5 Å². The number of ether oxygens (including phenoxy) is 1. The molecule has 1 aliphatic heterocycles. The minimum absolute atomic E-state index is 0.111. The average Bonchev–Trinajstić information content (AvgIpc) is 3.11. The maximum absolute atomic E-state index is 12.6. The van der Waals surface area contributed by atoms with Gasteiger partial charge in [-0.25, -0.2) is 9.78 Å². The molecule has 1 aliphatic rings. The molecule has 1 saturated heterocycles.